The van der Waals surface area contributed by atoms with Crippen LogP contribution in [0.3, 0.4) is 0 Å². The summed E-state index contributed by atoms with van der Waals surface area (Å²) in [6, 6.07) is 0. The number of halogens is 1. The van der Waals surface area contributed by atoms with E-state index in [1.807, 2.05) is 0 Å². The molecule has 0 aromatic carbocycles. The van der Waals surface area contributed by atoms with E-state index in [1.54, 1.807) is 6.92 Å². The number of ether oxygens (including phenoxy) is 1. The fourth-order valence-corrected chi connectivity index (χ4v) is 1.61. The first kappa shape index (κ1) is 10.2. The number of allylic oxidation sites excluding steroid dienone is 3. The van der Waals surface area contributed by atoms with Gasteiger partial charge in [0.15, 0.2) is 6.61 Å². The van der Waals surface area contributed by atoms with E-state index in [1.165, 1.54) is 11.1 Å². The lowest BCUT2D eigenvalue weighted by Gasteiger charge is -2.31. The van der Waals surface area contributed by atoms with Crippen LogP contribution in [0.1, 0.15) is 19.8 Å². The first-order valence-electron chi connectivity index (χ1n) is 4.90. The smallest absolute Gasteiger partial charge is 0.288 e. The number of carbonyl (C=O) groups is 1. The van der Waals surface area contributed by atoms with Gasteiger partial charge in [-0.3, -0.25) is 9.63 Å². The number of hydrogen-bond donors (Lipinski definition) is 0. The van der Waals surface area contributed by atoms with Gasteiger partial charge in [-0.05, 0) is 6.92 Å². The highest BCUT2D eigenvalue weighted by Gasteiger charge is 2.30. The van der Waals surface area contributed by atoms with Crippen molar-refractivity contribution in [3.63, 3.8) is 0 Å². The lowest BCUT2D eigenvalue weighted by atomic mass is 10.1. The second kappa shape index (κ2) is 4.02. The number of nitrogens with zero attached hydrogens (tertiary/aromatic N) is 1. The summed E-state index contributed by atoms with van der Waals surface area (Å²) < 4.78 is 18.1. The molecule has 15 heavy (non-hydrogen) atoms. The van der Waals surface area contributed by atoms with E-state index < -0.39 is 0 Å². The van der Waals surface area contributed by atoms with E-state index in [2.05, 4.69) is 0 Å². The Bertz CT molecular complexity index is 349. The quantitative estimate of drug-likeness (QED) is 0.700. The molecule has 0 saturated carbocycles. The van der Waals surface area contributed by atoms with Gasteiger partial charge in [-0.2, -0.15) is 5.06 Å². The third-order valence-electron chi connectivity index (χ3n) is 2.25. The zero-order valence-electron chi connectivity index (χ0n) is 8.46. The van der Waals surface area contributed by atoms with Crippen molar-refractivity contribution in [2.45, 2.75) is 19.8 Å². The second-order valence-corrected chi connectivity index (χ2v) is 3.30. The molecule has 0 spiro atoms. The van der Waals surface area contributed by atoms with Crippen LogP contribution >= 0.6 is 0 Å². The molecule has 0 unspecified atom stereocenters. The maximum Gasteiger partial charge on any atom is 0.288 e. The lowest BCUT2D eigenvalue weighted by molar-refractivity contribution is -0.183. The molecule has 0 radical (unpaired) electrons. The van der Waals surface area contributed by atoms with Gasteiger partial charge >= 0.3 is 0 Å². The molecule has 0 N–H and O–H groups in total. The normalized spacial score (nSPS) is 21.1. The minimum atomic E-state index is -0.244. The van der Waals surface area contributed by atoms with E-state index in [9.17, 15) is 9.18 Å². The first-order chi connectivity index (χ1) is 7.22. The minimum Gasteiger partial charge on any atom is -0.482 e. The molecule has 1 aliphatic carbocycles. The van der Waals surface area contributed by atoms with Crippen LogP contribution in [0.15, 0.2) is 23.4 Å². The van der Waals surface area contributed by atoms with Gasteiger partial charge in [-0.25, -0.2) is 4.39 Å². The summed E-state index contributed by atoms with van der Waals surface area (Å²) in [6.07, 6.45) is 2.04. The van der Waals surface area contributed by atoms with Gasteiger partial charge in [0.1, 0.15) is 11.6 Å². The van der Waals surface area contributed by atoms with Gasteiger partial charge in [-0.15, -0.1) is 0 Å². The third kappa shape index (κ3) is 1.87. The number of hydroxylamine groups is 2. The Kier molecular flexibility index (Phi) is 2.73. The highest BCUT2D eigenvalue weighted by atomic mass is 19.1. The van der Waals surface area contributed by atoms with Crippen molar-refractivity contribution in [1.82, 2.24) is 5.06 Å². The number of hydrogen-bond acceptors (Lipinski definition) is 3. The third-order valence-corrected chi connectivity index (χ3v) is 2.25. The van der Waals surface area contributed by atoms with Crippen LogP contribution < -0.4 is 0 Å². The summed E-state index contributed by atoms with van der Waals surface area (Å²) in [5, 5.41) is 1.22. The second-order valence-electron chi connectivity index (χ2n) is 3.30. The zero-order valence-corrected chi connectivity index (χ0v) is 8.46. The van der Waals surface area contributed by atoms with Gasteiger partial charge in [0, 0.05) is 18.9 Å². The fraction of sp³-hybridized carbons (Fsp3) is 0.500. The standard InChI is InChI=1S/C10H12FNO3/c1-2-15-12-8-4-3-7(11)5-9(8)14-6-10(12)13/h5H,2-4,6H2,1H3. The van der Waals surface area contributed by atoms with Crippen molar-refractivity contribution >= 4 is 5.91 Å². The maximum atomic E-state index is 13.0. The van der Waals surface area contributed by atoms with E-state index >= 15 is 0 Å². The summed E-state index contributed by atoms with van der Waals surface area (Å²) >= 11 is 0. The predicted molar refractivity (Wildman–Crippen MR) is 49.9 cm³/mol. The Morgan fingerprint density at radius 3 is 3.13 bits per heavy atom. The van der Waals surface area contributed by atoms with Crippen LogP contribution in [0.4, 0.5) is 4.39 Å². The molecule has 0 saturated heterocycles. The van der Waals surface area contributed by atoms with Crippen LogP contribution in [0.2, 0.25) is 0 Å². The van der Waals surface area contributed by atoms with Crippen molar-refractivity contribution in [1.29, 1.82) is 0 Å². The molecular weight excluding hydrogens is 201 g/mol. The Morgan fingerprint density at radius 2 is 2.40 bits per heavy atom. The van der Waals surface area contributed by atoms with Crippen molar-refractivity contribution in [3.8, 4) is 0 Å². The van der Waals surface area contributed by atoms with E-state index in [4.69, 9.17) is 9.57 Å². The van der Waals surface area contributed by atoms with Crippen molar-refractivity contribution in [2.24, 2.45) is 0 Å². The molecule has 1 aliphatic heterocycles. The topological polar surface area (TPSA) is 38.8 Å². The van der Waals surface area contributed by atoms with Crippen LogP contribution in [0.5, 0.6) is 0 Å². The van der Waals surface area contributed by atoms with E-state index in [-0.39, 0.29) is 18.3 Å². The van der Waals surface area contributed by atoms with Crippen LogP contribution in [0.25, 0.3) is 0 Å². The average Bonchev–Trinajstić information content (AvgIpc) is 2.22. The summed E-state index contributed by atoms with van der Waals surface area (Å²) in [7, 11) is 0. The molecule has 1 heterocycles. The maximum absolute atomic E-state index is 13.0. The highest BCUT2D eigenvalue weighted by molar-refractivity contribution is 5.79. The van der Waals surface area contributed by atoms with Crippen LogP contribution in [-0.2, 0) is 14.4 Å². The molecule has 5 heteroatoms. The van der Waals surface area contributed by atoms with Crippen molar-refractivity contribution in [3.05, 3.63) is 23.4 Å². The molecule has 1 amide bonds. The number of amides is 1. The summed E-state index contributed by atoms with van der Waals surface area (Å²) in [4.78, 5) is 16.6. The number of carbonyl (C=O) groups excluding carboxylic acids is 1. The first-order valence-corrected chi connectivity index (χ1v) is 4.90. The Balaban J connectivity index is 2.29. The minimum absolute atomic E-state index is 0.0946. The molecule has 0 aromatic heterocycles. The van der Waals surface area contributed by atoms with Crippen LogP contribution in [0, 0.1) is 0 Å². The molecule has 4 nitrogen and oxygen atoms in total. The molecular formula is C10H12FNO3. The highest BCUT2D eigenvalue weighted by Crippen LogP contribution is 2.30. The largest absolute Gasteiger partial charge is 0.482 e. The molecule has 2 rings (SSSR count). The molecule has 0 fully saturated rings. The van der Waals surface area contributed by atoms with Gasteiger partial charge in [0.05, 0.1) is 12.3 Å². The predicted octanol–water partition coefficient (Wildman–Crippen LogP) is 1.66. The van der Waals surface area contributed by atoms with Crippen molar-refractivity contribution < 1.29 is 18.8 Å². The summed E-state index contributed by atoms with van der Waals surface area (Å²) in [5.74, 6) is -0.0577. The molecule has 0 atom stereocenters. The monoisotopic (exact) mass is 213 g/mol. The molecule has 0 bridgehead atoms. The van der Waals surface area contributed by atoms with Gasteiger partial charge < -0.3 is 4.74 Å². The van der Waals surface area contributed by atoms with Gasteiger partial charge in [-0.1, -0.05) is 0 Å². The number of rotatable bonds is 2. The molecule has 82 valence electrons. The Morgan fingerprint density at radius 1 is 1.60 bits per heavy atom. The molecule has 0 aromatic rings. The van der Waals surface area contributed by atoms with Crippen molar-refractivity contribution in [2.75, 3.05) is 13.2 Å². The Hall–Kier alpha value is -1.36. The summed E-state index contributed by atoms with van der Waals surface area (Å²) in [5.41, 5.74) is 0.620. The van der Waals surface area contributed by atoms with E-state index in [0.717, 1.165) is 0 Å². The Labute approximate surface area is 86.9 Å². The average molecular weight is 213 g/mol. The zero-order chi connectivity index (χ0) is 10.8. The van der Waals surface area contributed by atoms with Gasteiger partial charge in [0.2, 0.25) is 0 Å². The van der Waals surface area contributed by atoms with Gasteiger partial charge in [0.25, 0.3) is 5.91 Å². The lowest BCUT2D eigenvalue weighted by Crippen LogP contribution is -2.38. The fourth-order valence-electron chi connectivity index (χ4n) is 1.61. The van der Waals surface area contributed by atoms with Crippen LogP contribution in [-0.4, -0.2) is 24.2 Å². The molecule has 2 aliphatic rings. The van der Waals surface area contributed by atoms with E-state index in [0.29, 0.717) is 30.9 Å². The SMILES string of the molecule is CCON1C(=O)COC2=C1CCC(F)=C2. The summed E-state index contributed by atoms with van der Waals surface area (Å²) in [6.45, 7) is 2.10.